The third-order valence-corrected chi connectivity index (χ3v) is 14.9. The van der Waals surface area contributed by atoms with E-state index in [4.69, 9.17) is 19.2 Å². The molecule has 16 heteroatoms. The van der Waals surface area contributed by atoms with E-state index in [1.54, 1.807) is 52.0 Å². The number of ether oxygens (including phenoxy) is 3. The second-order valence-electron chi connectivity index (χ2n) is 18.7. The van der Waals surface area contributed by atoms with E-state index in [-0.39, 0.29) is 55.9 Å². The zero-order valence-corrected chi connectivity index (χ0v) is 37.4. The summed E-state index contributed by atoms with van der Waals surface area (Å²) in [5.74, 6) is -3.53. The van der Waals surface area contributed by atoms with Gasteiger partial charge in [0.1, 0.15) is 34.4 Å². The Bertz CT molecular complexity index is 2460. The first-order chi connectivity index (χ1) is 30.0. The summed E-state index contributed by atoms with van der Waals surface area (Å²) in [6, 6.07) is 13.7. The van der Waals surface area contributed by atoms with Crippen LogP contribution in [0.15, 0.2) is 60.7 Å². The lowest BCUT2D eigenvalue weighted by molar-refractivity contribution is -0.159. The number of rotatable bonds is 9. The molecule has 8 rings (SSSR count). The van der Waals surface area contributed by atoms with Crippen LogP contribution in [0.3, 0.4) is 0 Å². The van der Waals surface area contributed by atoms with Gasteiger partial charge in [-0.15, -0.1) is 0 Å². The SMILES string of the molecule is COc1cccc(-c2cc(C(=O)N3C[C@H]4CN5C(=O)[C@H](CC(=O)OC(C)(C)C)CCCCC/C=C\[C@@H]6C[C@@]6(C(=O)NS(=O)(=O)C6CC6)NC(=O)[C@@H]5[C@H]4C3)nc3cc(OC)ccc23)c1. The molecule has 3 aliphatic heterocycles. The van der Waals surface area contributed by atoms with Gasteiger partial charge in [0.05, 0.1) is 31.4 Å². The van der Waals surface area contributed by atoms with Gasteiger partial charge in [-0.2, -0.15) is 0 Å². The molecule has 5 aliphatic rings. The van der Waals surface area contributed by atoms with E-state index in [0.717, 1.165) is 29.4 Å². The van der Waals surface area contributed by atoms with Crippen LogP contribution in [0, 0.1) is 23.7 Å². The monoisotopic (exact) mass is 883 g/mol. The average molecular weight is 884 g/mol. The molecule has 1 aromatic heterocycles. The topological polar surface area (TPSA) is 191 Å². The highest BCUT2D eigenvalue weighted by Gasteiger charge is 2.63. The van der Waals surface area contributed by atoms with Gasteiger partial charge in [0.25, 0.3) is 11.8 Å². The van der Waals surface area contributed by atoms with Crippen LogP contribution < -0.4 is 19.5 Å². The standard InChI is InChI=1S/C47H57N5O10S/c1-46(2,3)62-40(53)21-29-12-9-7-6-8-10-14-31-24-47(31,45(57)50-63(58,59)34-17-18-34)49-42(54)41-37-27-51(25-30(37)26-52(41)43(29)55)44(56)39-23-36(28-13-11-15-32(20-28)60-4)35-19-16-33(61-5)22-38(35)48-39/h10-11,13-16,19-20,22-23,29-31,34,37,41H,6-9,12,17-18,21,24-27H2,1-5H3,(H,49,54)(H,50,57)/b14-10-/t29-,30-,31+,37-,41-,47+/m0/s1. The summed E-state index contributed by atoms with van der Waals surface area (Å²) in [4.78, 5) is 79.6. The van der Waals surface area contributed by atoms with Gasteiger partial charge >= 0.3 is 5.97 Å². The number of carbonyl (C=O) groups is 5. The van der Waals surface area contributed by atoms with E-state index in [0.29, 0.717) is 49.1 Å². The number of allylic oxidation sites excluding steroid dienone is 1. The van der Waals surface area contributed by atoms with Crippen LogP contribution in [0.5, 0.6) is 11.5 Å². The predicted octanol–water partition coefficient (Wildman–Crippen LogP) is 5.17. The summed E-state index contributed by atoms with van der Waals surface area (Å²) >= 11 is 0. The van der Waals surface area contributed by atoms with Crippen molar-refractivity contribution in [2.24, 2.45) is 23.7 Å². The van der Waals surface area contributed by atoms with Crippen molar-refractivity contribution in [2.75, 3.05) is 33.9 Å². The Morgan fingerprint density at radius 2 is 1.70 bits per heavy atom. The number of benzene rings is 2. The minimum Gasteiger partial charge on any atom is -0.497 e. The van der Waals surface area contributed by atoms with Crippen LogP contribution in [0.25, 0.3) is 22.0 Å². The third kappa shape index (κ3) is 9.27. The molecule has 0 spiro atoms. The minimum atomic E-state index is -3.94. The van der Waals surface area contributed by atoms with Crippen molar-refractivity contribution in [3.8, 4) is 22.6 Å². The van der Waals surface area contributed by atoms with Crippen molar-refractivity contribution in [3.63, 3.8) is 0 Å². The molecular formula is C47H57N5O10S. The van der Waals surface area contributed by atoms with Gasteiger partial charge in [-0.05, 0) is 101 Å². The molecule has 2 aromatic carbocycles. The number of fused-ring (bicyclic) bond motifs is 5. The van der Waals surface area contributed by atoms with Gasteiger partial charge in [0.15, 0.2) is 0 Å². The Morgan fingerprint density at radius 3 is 2.43 bits per heavy atom. The maximum atomic E-state index is 14.9. The molecule has 4 amide bonds. The Morgan fingerprint density at radius 1 is 0.937 bits per heavy atom. The Balaban J connectivity index is 1.13. The molecule has 0 radical (unpaired) electrons. The second-order valence-corrected chi connectivity index (χ2v) is 20.7. The van der Waals surface area contributed by atoms with E-state index < -0.39 is 68.0 Å². The number of nitrogens with zero attached hydrogens (tertiary/aromatic N) is 3. The van der Waals surface area contributed by atoms with Crippen LogP contribution >= 0.6 is 0 Å². The Hall–Kier alpha value is -5.51. The van der Waals surface area contributed by atoms with Crippen molar-refractivity contribution in [1.29, 1.82) is 0 Å². The van der Waals surface area contributed by atoms with Crippen LogP contribution in [0.2, 0.25) is 0 Å². The number of carbonyl (C=O) groups excluding carboxylic acids is 5. The summed E-state index contributed by atoms with van der Waals surface area (Å²) < 4.78 is 45.0. The van der Waals surface area contributed by atoms with Crippen LogP contribution in [0.4, 0.5) is 0 Å². The summed E-state index contributed by atoms with van der Waals surface area (Å²) in [6.45, 7) is 5.75. The van der Waals surface area contributed by atoms with Crippen molar-refractivity contribution >= 4 is 50.5 Å². The molecule has 63 heavy (non-hydrogen) atoms. The number of aromatic nitrogens is 1. The average Bonchev–Trinajstić information content (AvgIpc) is 4.15. The number of hydrogen-bond donors (Lipinski definition) is 2. The molecule has 6 atom stereocenters. The van der Waals surface area contributed by atoms with Gasteiger partial charge in [0.2, 0.25) is 21.8 Å². The number of sulfonamides is 1. The third-order valence-electron chi connectivity index (χ3n) is 13.1. The normalized spacial score (nSPS) is 26.9. The molecule has 2 saturated heterocycles. The molecule has 0 unspecified atom stereocenters. The van der Waals surface area contributed by atoms with E-state index >= 15 is 0 Å². The fourth-order valence-electron chi connectivity index (χ4n) is 9.59. The van der Waals surface area contributed by atoms with Crippen molar-refractivity contribution in [1.82, 2.24) is 24.8 Å². The highest BCUT2D eigenvalue weighted by atomic mass is 32.2. The van der Waals surface area contributed by atoms with E-state index in [1.165, 1.54) is 4.90 Å². The highest BCUT2D eigenvalue weighted by molar-refractivity contribution is 7.91. The maximum Gasteiger partial charge on any atom is 0.307 e. The zero-order chi connectivity index (χ0) is 44.8. The number of amides is 4. The van der Waals surface area contributed by atoms with Gasteiger partial charge in [-0.1, -0.05) is 37.1 Å². The maximum absolute atomic E-state index is 14.9. The van der Waals surface area contributed by atoms with E-state index in [1.807, 2.05) is 48.6 Å². The summed E-state index contributed by atoms with van der Waals surface area (Å²) in [5.41, 5.74) is 0.00572. The predicted molar refractivity (Wildman–Crippen MR) is 234 cm³/mol. The van der Waals surface area contributed by atoms with Crippen molar-refractivity contribution < 1.29 is 46.6 Å². The number of nitrogens with one attached hydrogen (secondary N) is 2. The van der Waals surface area contributed by atoms with Crippen molar-refractivity contribution in [3.05, 3.63) is 66.4 Å². The molecule has 2 saturated carbocycles. The summed E-state index contributed by atoms with van der Waals surface area (Å²) in [6.07, 6.45) is 8.13. The molecule has 2 aliphatic carbocycles. The lowest BCUT2D eigenvalue weighted by Crippen LogP contribution is -2.58. The first kappa shape index (κ1) is 44.1. The van der Waals surface area contributed by atoms with Crippen LogP contribution in [0.1, 0.15) is 89.0 Å². The smallest absolute Gasteiger partial charge is 0.307 e. The quantitative estimate of drug-likeness (QED) is 0.213. The molecule has 0 bridgehead atoms. The lowest BCUT2D eigenvalue weighted by atomic mass is 9.92. The van der Waals surface area contributed by atoms with E-state index in [2.05, 4.69) is 10.0 Å². The number of methoxy groups -OCH3 is 2. The largest absolute Gasteiger partial charge is 0.497 e. The molecule has 4 fully saturated rings. The molecule has 336 valence electrons. The molecule has 2 N–H and O–H groups in total. The van der Waals surface area contributed by atoms with Crippen molar-refractivity contribution in [2.45, 2.75) is 101 Å². The lowest BCUT2D eigenvalue weighted by Gasteiger charge is -2.33. The molecule has 3 aromatic rings. The Labute approximate surface area is 368 Å². The number of esters is 1. The van der Waals surface area contributed by atoms with Crippen LogP contribution in [-0.2, 0) is 33.9 Å². The first-order valence-electron chi connectivity index (χ1n) is 22.0. The number of likely N-dealkylation sites (tertiary alicyclic amines) is 1. The van der Waals surface area contributed by atoms with E-state index in [9.17, 15) is 32.4 Å². The fourth-order valence-corrected chi connectivity index (χ4v) is 11.0. The molecule has 15 nitrogen and oxygen atoms in total. The summed E-state index contributed by atoms with van der Waals surface area (Å²) in [5, 5.41) is 3.11. The fraction of sp³-hybridized carbons (Fsp3) is 0.532. The van der Waals surface area contributed by atoms with Gasteiger partial charge in [-0.25, -0.2) is 13.4 Å². The highest BCUT2D eigenvalue weighted by Crippen LogP contribution is 2.47. The van der Waals surface area contributed by atoms with Gasteiger partial charge in [0, 0.05) is 54.8 Å². The molecular weight excluding hydrogens is 827 g/mol. The van der Waals surface area contributed by atoms with Gasteiger partial charge in [-0.3, -0.25) is 28.7 Å². The van der Waals surface area contributed by atoms with Crippen LogP contribution in [-0.4, -0.2) is 109 Å². The summed E-state index contributed by atoms with van der Waals surface area (Å²) in [7, 11) is -0.789. The second kappa shape index (κ2) is 17.2. The zero-order valence-electron chi connectivity index (χ0n) is 36.6. The minimum absolute atomic E-state index is 0.104. The van der Waals surface area contributed by atoms with Gasteiger partial charge < -0.3 is 29.3 Å². The number of hydrogen-bond acceptors (Lipinski definition) is 11. The molecule has 4 heterocycles. The first-order valence-corrected chi connectivity index (χ1v) is 23.5. The Kier molecular flexibility index (Phi) is 12.1. The number of pyridine rings is 1.